The third-order valence-electron chi connectivity index (χ3n) is 3.25. The van der Waals surface area contributed by atoms with Crippen LogP contribution in [0.3, 0.4) is 0 Å². The number of hydrogen-bond acceptors (Lipinski definition) is 6. The zero-order valence-electron chi connectivity index (χ0n) is 11.1. The fraction of sp³-hybridized carbons (Fsp3) is 0.286. The molecule has 0 spiro atoms. The monoisotopic (exact) mass is 284 g/mol. The summed E-state index contributed by atoms with van der Waals surface area (Å²) in [7, 11) is 0. The zero-order valence-corrected chi connectivity index (χ0v) is 11.1. The third-order valence-corrected chi connectivity index (χ3v) is 3.25. The standard InChI is InChI=1S/C14H12N4O3/c15-7-12-13(17-4-3-16-12)21-11-1-5-18(8-11)14(19)10-2-6-20-9-10/h2-4,6,9,11H,1,5,8H2/t11-/m0/s1. The summed E-state index contributed by atoms with van der Waals surface area (Å²) in [6, 6.07) is 3.57. The molecule has 7 heteroatoms. The van der Waals surface area contributed by atoms with Crippen LogP contribution in [0.1, 0.15) is 22.5 Å². The number of likely N-dealkylation sites (tertiary alicyclic amines) is 1. The minimum atomic E-state index is -0.190. The van der Waals surface area contributed by atoms with Crippen molar-refractivity contribution in [3.05, 3.63) is 42.2 Å². The minimum absolute atomic E-state index is 0.0884. The normalized spacial score (nSPS) is 17.5. The summed E-state index contributed by atoms with van der Waals surface area (Å²) in [6.45, 7) is 1.04. The molecule has 2 aromatic rings. The van der Waals surface area contributed by atoms with Crippen LogP contribution >= 0.6 is 0 Å². The number of amides is 1. The van der Waals surface area contributed by atoms with Crippen molar-refractivity contribution in [2.75, 3.05) is 13.1 Å². The van der Waals surface area contributed by atoms with Crippen molar-refractivity contribution in [1.82, 2.24) is 14.9 Å². The predicted octanol–water partition coefficient (Wildman–Crippen LogP) is 1.23. The lowest BCUT2D eigenvalue weighted by molar-refractivity contribution is 0.0770. The van der Waals surface area contributed by atoms with Gasteiger partial charge in [0.25, 0.3) is 11.8 Å². The van der Waals surface area contributed by atoms with Crippen molar-refractivity contribution in [1.29, 1.82) is 5.26 Å². The van der Waals surface area contributed by atoms with Gasteiger partial charge in [-0.3, -0.25) is 4.79 Å². The van der Waals surface area contributed by atoms with Crippen molar-refractivity contribution < 1.29 is 13.9 Å². The van der Waals surface area contributed by atoms with Crippen LogP contribution < -0.4 is 4.74 Å². The summed E-state index contributed by atoms with van der Waals surface area (Å²) in [5.74, 6) is 0.122. The molecule has 106 valence electrons. The molecule has 0 radical (unpaired) electrons. The third kappa shape index (κ3) is 2.69. The van der Waals surface area contributed by atoms with E-state index in [-0.39, 0.29) is 23.6 Å². The van der Waals surface area contributed by atoms with Gasteiger partial charge in [0.05, 0.1) is 18.4 Å². The Bertz CT molecular complexity index is 678. The molecule has 1 aliphatic heterocycles. The van der Waals surface area contributed by atoms with E-state index in [2.05, 4.69) is 9.97 Å². The Morgan fingerprint density at radius 2 is 2.33 bits per heavy atom. The zero-order chi connectivity index (χ0) is 14.7. The molecule has 0 unspecified atom stereocenters. The maximum absolute atomic E-state index is 12.2. The van der Waals surface area contributed by atoms with Crippen LogP contribution in [0.15, 0.2) is 35.4 Å². The second-order valence-electron chi connectivity index (χ2n) is 4.61. The van der Waals surface area contributed by atoms with Gasteiger partial charge in [0.2, 0.25) is 5.69 Å². The van der Waals surface area contributed by atoms with Crippen LogP contribution in [0.2, 0.25) is 0 Å². The second-order valence-corrected chi connectivity index (χ2v) is 4.61. The van der Waals surface area contributed by atoms with Gasteiger partial charge >= 0.3 is 0 Å². The first-order valence-corrected chi connectivity index (χ1v) is 6.47. The van der Waals surface area contributed by atoms with E-state index >= 15 is 0 Å². The van der Waals surface area contributed by atoms with Gasteiger partial charge in [0.15, 0.2) is 0 Å². The number of ether oxygens (including phenoxy) is 1. The molecule has 3 rings (SSSR count). The number of rotatable bonds is 3. The molecule has 1 aliphatic rings. The summed E-state index contributed by atoms with van der Waals surface area (Å²) in [4.78, 5) is 21.8. The largest absolute Gasteiger partial charge is 0.472 e. The van der Waals surface area contributed by atoms with Crippen molar-refractivity contribution in [2.24, 2.45) is 0 Å². The minimum Gasteiger partial charge on any atom is -0.472 e. The molecule has 1 saturated heterocycles. The van der Waals surface area contributed by atoms with Crippen LogP contribution in [0.4, 0.5) is 0 Å². The van der Waals surface area contributed by atoms with E-state index in [9.17, 15) is 4.79 Å². The number of hydrogen-bond donors (Lipinski definition) is 0. The van der Waals surface area contributed by atoms with Gasteiger partial charge in [0.1, 0.15) is 18.4 Å². The van der Waals surface area contributed by atoms with Gasteiger partial charge < -0.3 is 14.1 Å². The Morgan fingerprint density at radius 1 is 1.48 bits per heavy atom. The Hall–Kier alpha value is -2.88. The molecule has 3 heterocycles. The van der Waals surface area contributed by atoms with Crippen molar-refractivity contribution in [3.63, 3.8) is 0 Å². The van der Waals surface area contributed by atoms with E-state index in [0.717, 1.165) is 0 Å². The van der Waals surface area contributed by atoms with Crippen molar-refractivity contribution in [3.8, 4) is 11.9 Å². The molecule has 1 amide bonds. The molecule has 7 nitrogen and oxygen atoms in total. The summed E-state index contributed by atoms with van der Waals surface area (Å²) < 4.78 is 10.6. The molecule has 0 aromatic carbocycles. The molecule has 0 bridgehead atoms. The lowest BCUT2D eigenvalue weighted by Crippen LogP contribution is -2.30. The number of furan rings is 1. The maximum Gasteiger partial charge on any atom is 0.257 e. The Kier molecular flexibility index (Phi) is 3.51. The van der Waals surface area contributed by atoms with Crippen LogP contribution in [-0.4, -0.2) is 40.0 Å². The van der Waals surface area contributed by atoms with Crippen LogP contribution in [-0.2, 0) is 0 Å². The van der Waals surface area contributed by atoms with Gasteiger partial charge in [0, 0.05) is 25.4 Å². The summed E-state index contributed by atoms with van der Waals surface area (Å²) in [6.07, 6.45) is 6.30. The highest BCUT2D eigenvalue weighted by atomic mass is 16.5. The molecule has 0 N–H and O–H groups in total. The van der Waals surface area contributed by atoms with Crippen molar-refractivity contribution in [2.45, 2.75) is 12.5 Å². The van der Waals surface area contributed by atoms with E-state index in [4.69, 9.17) is 14.4 Å². The van der Waals surface area contributed by atoms with Gasteiger partial charge in [-0.1, -0.05) is 0 Å². The van der Waals surface area contributed by atoms with Crippen LogP contribution in [0.5, 0.6) is 5.88 Å². The molecule has 1 fully saturated rings. The molecule has 0 aliphatic carbocycles. The van der Waals surface area contributed by atoms with Crippen LogP contribution in [0, 0.1) is 11.3 Å². The van der Waals surface area contributed by atoms with Crippen molar-refractivity contribution >= 4 is 5.91 Å². The number of carbonyl (C=O) groups is 1. The average molecular weight is 284 g/mol. The van der Waals surface area contributed by atoms with Gasteiger partial charge in [-0.05, 0) is 6.07 Å². The van der Waals surface area contributed by atoms with Crippen LogP contribution in [0.25, 0.3) is 0 Å². The topological polar surface area (TPSA) is 92.2 Å². The highest BCUT2D eigenvalue weighted by molar-refractivity contribution is 5.94. The van der Waals surface area contributed by atoms with E-state index in [1.807, 2.05) is 6.07 Å². The summed E-state index contributed by atoms with van der Waals surface area (Å²) in [5, 5.41) is 8.95. The maximum atomic E-state index is 12.2. The van der Waals surface area contributed by atoms with E-state index in [0.29, 0.717) is 25.1 Å². The van der Waals surface area contributed by atoms with E-state index in [1.165, 1.54) is 24.9 Å². The molecule has 1 atom stereocenters. The smallest absolute Gasteiger partial charge is 0.257 e. The SMILES string of the molecule is N#Cc1nccnc1O[C@H]1CCN(C(=O)c2ccoc2)C1. The average Bonchev–Trinajstić information content (AvgIpc) is 3.19. The van der Waals surface area contributed by atoms with Gasteiger partial charge in [-0.15, -0.1) is 0 Å². The van der Waals surface area contributed by atoms with E-state index in [1.54, 1.807) is 11.0 Å². The first kappa shape index (κ1) is 13.1. The van der Waals surface area contributed by atoms with Gasteiger partial charge in [-0.2, -0.15) is 5.26 Å². The summed E-state index contributed by atoms with van der Waals surface area (Å²) in [5.41, 5.74) is 0.671. The Balaban J connectivity index is 1.65. The fourth-order valence-electron chi connectivity index (χ4n) is 2.22. The Morgan fingerprint density at radius 3 is 3.10 bits per heavy atom. The van der Waals surface area contributed by atoms with Gasteiger partial charge in [-0.25, -0.2) is 9.97 Å². The number of nitrogens with zero attached hydrogens (tertiary/aromatic N) is 4. The number of carbonyl (C=O) groups excluding carboxylic acids is 1. The van der Waals surface area contributed by atoms with E-state index < -0.39 is 0 Å². The molecule has 0 saturated carbocycles. The quantitative estimate of drug-likeness (QED) is 0.841. The summed E-state index contributed by atoms with van der Waals surface area (Å²) >= 11 is 0. The Labute approximate surface area is 120 Å². The first-order chi connectivity index (χ1) is 10.3. The predicted molar refractivity (Wildman–Crippen MR) is 70.4 cm³/mol. The highest BCUT2D eigenvalue weighted by Crippen LogP contribution is 2.20. The number of aromatic nitrogens is 2. The fourth-order valence-corrected chi connectivity index (χ4v) is 2.22. The first-order valence-electron chi connectivity index (χ1n) is 6.47. The molecular weight excluding hydrogens is 272 g/mol. The lowest BCUT2D eigenvalue weighted by atomic mass is 10.3. The molecular formula is C14H12N4O3. The highest BCUT2D eigenvalue weighted by Gasteiger charge is 2.29. The molecule has 2 aromatic heterocycles. The number of nitriles is 1. The second kappa shape index (κ2) is 5.63. The molecule has 21 heavy (non-hydrogen) atoms. The lowest BCUT2D eigenvalue weighted by Gasteiger charge is -2.16.